The zero-order valence-corrected chi connectivity index (χ0v) is 9.37. The number of ether oxygens (including phenoxy) is 2. The number of hydrogen-bond donors (Lipinski definition) is 1. The smallest absolute Gasteiger partial charge is 0.119 e. The Balaban J connectivity index is 1.61. The molecule has 0 spiro atoms. The number of fused-ring (bicyclic) bond motifs is 1. The van der Waals surface area contributed by atoms with Gasteiger partial charge in [0, 0.05) is 18.8 Å². The lowest BCUT2D eigenvalue weighted by Crippen LogP contribution is -2.16. The van der Waals surface area contributed by atoms with Crippen LogP contribution in [-0.2, 0) is 11.2 Å². The molecule has 0 amide bonds. The maximum Gasteiger partial charge on any atom is 0.119 e. The van der Waals surface area contributed by atoms with E-state index >= 15 is 0 Å². The van der Waals surface area contributed by atoms with Crippen LogP contribution in [0.5, 0.6) is 5.75 Å². The summed E-state index contributed by atoms with van der Waals surface area (Å²) in [7, 11) is 0. The van der Waals surface area contributed by atoms with E-state index in [1.807, 2.05) is 6.07 Å². The lowest BCUT2D eigenvalue weighted by Gasteiger charge is -2.12. The summed E-state index contributed by atoms with van der Waals surface area (Å²) in [6.45, 7) is 2.62. The van der Waals surface area contributed by atoms with Crippen LogP contribution in [0.4, 0.5) is 5.69 Å². The molecule has 0 aliphatic carbocycles. The molecule has 1 aromatic rings. The Bertz CT molecular complexity index is 372. The highest BCUT2D eigenvalue weighted by Gasteiger charge is 2.16. The summed E-state index contributed by atoms with van der Waals surface area (Å²) < 4.78 is 11.3. The number of benzene rings is 1. The molecule has 3 nitrogen and oxygen atoms in total. The second kappa shape index (κ2) is 4.34. The largest absolute Gasteiger partial charge is 0.491 e. The molecule has 1 atom stereocenters. The number of rotatable bonds is 3. The quantitative estimate of drug-likeness (QED) is 0.845. The maximum absolute atomic E-state index is 5.76. The molecular formula is C13H17NO2. The fourth-order valence-corrected chi connectivity index (χ4v) is 2.34. The van der Waals surface area contributed by atoms with Crippen molar-refractivity contribution in [2.24, 2.45) is 0 Å². The summed E-state index contributed by atoms with van der Waals surface area (Å²) in [5.41, 5.74) is 2.62. The van der Waals surface area contributed by atoms with E-state index in [0.717, 1.165) is 31.7 Å². The molecule has 0 aromatic heterocycles. The van der Waals surface area contributed by atoms with E-state index in [2.05, 4.69) is 17.4 Å². The third kappa shape index (κ3) is 2.00. The molecular weight excluding hydrogens is 202 g/mol. The highest BCUT2D eigenvalue weighted by Crippen LogP contribution is 2.26. The fourth-order valence-electron chi connectivity index (χ4n) is 2.34. The maximum atomic E-state index is 5.76. The molecule has 16 heavy (non-hydrogen) atoms. The van der Waals surface area contributed by atoms with Crippen molar-refractivity contribution >= 4 is 5.69 Å². The molecule has 0 saturated carbocycles. The summed E-state index contributed by atoms with van der Waals surface area (Å²) in [5, 5.41) is 3.34. The summed E-state index contributed by atoms with van der Waals surface area (Å²) in [6, 6.07) is 6.28. The standard InChI is InChI=1S/C13H17NO2/c1-2-12(15-7-1)9-16-11-3-4-13-10(8-11)5-6-14-13/h3-4,8,12,14H,1-2,5-7,9H2. The van der Waals surface area contributed by atoms with Crippen molar-refractivity contribution in [2.75, 3.05) is 25.1 Å². The SMILES string of the molecule is c1cc2c(cc1OCC1CCCO1)CCN2. The number of anilines is 1. The van der Waals surface area contributed by atoms with E-state index in [1.165, 1.54) is 17.7 Å². The summed E-state index contributed by atoms with van der Waals surface area (Å²) >= 11 is 0. The molecule has 2 aliphatic rings. The Labute approximate surface area is 95.8 Å². The van der Waals surface area contributed by atoms with Gasteiger partial charge in [-0.1, -0.05) is 0 Å². The van der Waals surface area contributed by atoms with Crippen molar-refractivity contribution in [3.8, 4) is 5.75 Å². The zero-order valence-electron chi connectivity index (χ0n) is 9.37. The Hall–Kier alpha value is -1.22. The van der Waals surface area contributed by atoms with Crippen LogP contribution in [0.2, 0.25) is 0 Å². The molecule has 86 valence electrons. The monoisotopic (exact) mass is 219 g/mol. The minimum atomic E-state index is 0.298. The van der Waals surface area contributed by atoms with Crippen LogP contribution in [0.3, 0.4) is 0 Å². The normalized spacial score (nSPS) is 22.9. The van der Waals surface area contributed by atoms with Crippen molar-refractivity contribution < 1.29 is 9.47 Å². The lowest BCUT2D eigenvalue weighted by molar-refractivity contribution is 0.0679. The van der Waals surface area contributed by atoms with Crippen LogP contribution in [0.1, 0.15) is 18.4 Å². The van der Waals surface area contributed by atoms with Crippen molar-refractivity contribution in [3.63, 3.8) is 0 Å². The van der Waals surface area contributed by atoms with Gasteiger partial charge in [-0.2, -0.15) is 0 Å². The van der Waals surface area contributed by atoms with Gasteiger partial charge in [0.25, 0.3) is 0 Å². The third-order valence-corrected chi connectivity index (χ3v) is 3.25. The van der Waals surface area contributed by atoms with Gasteiger partial charge in [0.1, 0.15) is 12.4 Å². The first-order chi connectivity index (χ1) is 7.92. The van der Waals surface area contributed by atoms with E-state index in [0.29, 0.717) is 12.7 Å². The molecule has 1 fully saturated rings. The zero-order chi connectivity index (χ0) is 10.8. The predicted octanol–water partition coefficient (Wildman–Crippen LogP) is 2.21. The second-order valence-corrected chi connectivity index (χ2v) is 4.44. The summed E-state index contributed by atoms with van der Waals surface area (Å²) in [4.78, 5) is 0. The number of hydrogen-bond acceptors (Lipinski definition) is 3. The first-order valence-electron chi connectivity index (χ1n) is 6.03. The molecule has 2 aliphatic heterocycles. The van der Waals surface area contributed by atoms with E-state index in [1.54, 1.807) is 0 Å². The van der Waals surface area contributed by atoms with Crippen LogP contribution < -0.4 is 10.1 Å². The molecule has 1 saturated heterocycles. The minimum Gasteiger partial charge on any atom is -0.491 e. The van der Waals surface area contributed by atoms with E-state index < -0.39 is 0 Å². The first-order valence-corrected chi connectivity index (χ1v) is 6.03. The molecule has 1 N–H and O–H groups in total. The van der Waals surface area contributed by atoms with Gasteiger partial charge < -0.3 is 14.8 Å². The van der Waals surface area contributed by atoms with Crippen LogP contribution in [0.25, 0.3) is 0 Å². The van der Waals surface area contributed by atoms with Gasteiger partial charge in [-0.25, -0.2) is 0 Å². The third-order valence-electron chi connectivity index (χ3n) is 3.25. The van der Waals surface area contributed by atoms with Gasteiger partial charge in [0.2, 0.25) is 0 Å². The Morgan fingerprint density at radius 3 is 3.31 bits per heavy atom. The minimum absolute atomic E-state index is 0.298. The average molecular weight is 219 g/mol. The highest BCUT2D eigenvalue weighted by molar-refractivity contribution is 5.57. The molecule has 3 rings (SSSR count). The highest BCUT2D eigenvalue weighted by atomic mass is 16.5. The first kappa shape index (κ1) is 9.97. The van der Waals surface area contributed by atoms with Gasteiger partial charge in [0.05, 0.1) is 6.10 Å². The van der Waals surface area contributed by atoms with Gasteiger partial charge >= 0.3 is 0 Å². The van der Waals surface area contributed by atoms with E-state index in [9.17, 15) is 0 Å². The molecule has 2 heterocycles. The van der Waals surface area contributed by atoms with Gasteiger partial charge in [0.15, 0.2) is 0 Å². The van der Waals surface area contributed by atoms with Gasteiger partial charge in [-0.15, -0.1) is 0 Å². The molecule has 0 radical (unpaired) electrons. The van der Waals surface area contributed by atoms with Gasteiger partial charge in [-0.3, -0.25) is 0 Å². The Morgan fingerprint density at radius 2 is 2.44 bits per heavy atom. The van der Waals surface area contributed by atoms with Crippen molar-refractivity contribution in [1.82, 2.24) is 0 Å². The second-order valence-electron chi connectivity index (χ2n) is 4.44. The van der Waals surface area contributed by atoms with E-state index in [-0.39, 0.29) is 0 Å². The van der Waals surface area contributed by atoms with Gasteiger partial charge in [-0.05, 0) is 43.0 Å². The van der Waals surface area contributed by atoms with Crippen molar-refractivity contribution in [2.45, 2.75) is 25.4 Å². The van der Waals surface area contributed by atoms with Crippen molar-refractivity contribution in [3.05, 3.63) is 23.8 Å². The Morgan fingerprint density at radius 1 is 1.44 bits per heavy atom. The Kier molecular flexibility index (Phi) is 2.70. The van der Waals surface area contributed by atoms with Crippen molar-refractivity contribution in [1.29, 1.82) is 0 Å². The van der Waals surface area contributed by atoms with Crippen LogP contribution >= 0.6 is 0 Å². The van der Waals surface area contributed by atoms with Crippen LogP contribution in [0, 0.1) is 0 Å². The predicted molar refractivity (Wildman–Crippen MR) is 63.1 cm³/mol. The van der Waals surface area contributed by atoms with Crippen LogP contribution in [-0.4, -0.2) is 25.9 Å². The number of nitrogens with one attached hydrogen (secondary N) is 1. The lowest BCUT2D eigenvalue weighted by atomic mass is 10.1. The topological polar surface area (TPSA) is 30.5 Å². The fraction of sp³-hybridized carbons (Fsp3) is 0.538. The summed E-state index contributed by atoms with van der Waals surface area (Å²) in [6.07, 6.45) is 3.70. The summed E-state index contributed by atoms with van der Waals surface area (Å²) in [5.74, 6) is 0.970. The van der Waals surface area contributed by atoms with E-state index in [4.69, 9.17) is 9.47 Å². The molecule has 1 aromatic carbocycles. The van der Waals surface area contributed by atoms with Crippen LogP contribution in [0.15, 0.2) is 18.2 Å². The molecule has 0 bridgehead atoms. The molecule has 3 heteroatoms. The average Bonchev–Trinajstić information content (AvgIpc) is 2.97. The molecule has 1 unspecified atom stereocenters.